The fourth-order valence-electron chi connectivity index (χ4n) is 1.68. The number of aromatic nitrogens is 1. The van der Waals surface area contributed by atoms with Gasteiger partial charge in [-0.1, -0.05) is 13.8 Å². The molecule has 0 aromatic carbocycles. The van der Waals surface area contributed by atoms with Gasteiger partial charge in [0.25, 0.3) is 0 Å². The number of hydrogen-bond acceptors (Lipinski definition) is 4. The molecule has 0 bridgehead atoms. The lowest BCUT2D eigenvalue weighted by Crippen LogP contribution is -2.43. The molecular weight excluding hydrogens is 342 g/mol. The number of nitrogens with two attached hydrogens (primary N) is 1. The van der Waals surface area contributed by atoms with E-state index in [0.29, 0.717) is 4.47 Å². The molecule has 0 aliphatic carbocycles. The highest BCUT2D eigenvalue weighted by Crippen LogP contribution is 2.24. The summed E-state index contributed by atoms with van der Waals surface area (Å²) in [5, 5.41) is 0. The second kappa shape index (κ2) is 6.41. The minimum absolute atomic E-state index is 0.00264. The van der Waals surface area contributed by atoms with Gasteiger partial charge < -0.3 is 5.73 Å². The van der Waals surface area contributed by atoms with Crippen LogP contribution in [0, 0.1) is 5.92 Å². The van der Waals surface area contributed by atoms with Gasteiger partial charge in [0, 0.05) is 16.2 Å². The van der Waals surface area contributed by atoms with Crippen LogP contribution in [0.3, 0.4) is 0 Å². The predicted molar refractivity (Wildman–Crippen MR) is 84.6 cm³/mol. The smallest absolute Gasteiger partial charge is 0.244 e. The van der Waals surface area contributed by atoms with Gasteiger partial charge in [0.15, 0.2) is 0 Å². The molecule has 1 radical (unpaired) electrons. The molecule has 0 unspecified atom stereocenters. The molecule has 0 atom stereocenters. The number of hydrogen-bond donors (Lipinski definition) is 2. The molecule has 113 valence electrons. The third-order valence-electron chi connectivity index (χ3n) is 2.80. The maximum absolute atomic E-state index is 12.4. The maximum Gasteiger partial charge on any atom is 0.244 e. The summed E-state index contributed by atoms with van der Waals surface area (Å²) < 4.78 is 28.1. The van der Waals surface area contributed by atoms with Gasteiger partial charge in [-0.15, -0.1) is 0 Å². The summed E-state index contributed by atoms with van der Waals surface area (Å²) in [6.07, 6.45) is 3.05. The monoisotopic (exact) mass is 362 g/mol. The average molecular weight is 363 g/mol. The molecular formula is C13H21BrN3O2S. The SMILES string of the molecule is C[C](C)CCC(C)(C)NS(=O)(=O)c1cc(Br)cnc1N. The van der Waals surface area contributed by atoms with Gasteiger partial charge in [0.05, 0.1) is 0 Å². The van der Waals surface area contributed by atoms with E-state index in [1.165, 1.54) is 18.2 Å². The lowest BCUT2D eigenvalue weighted by molar-refractivity contribution is 0.414. The molecule has 1 rings (SSSR count). The van der Waals surface area contributed by atoms with Crippen molar-refractivity contribution in [2.75, 3.05) is 5.73 Å². The van der Waals surface area contributed by atoms with E-state index in [1.54, 1.807) is 0 Å². The van der Waals surface area contributed by atoms with Crippen molar-refractivity contribution in [3.63, 3.8) is 0 Å². The van der Waals surface area contributed by atoms with Gasteiger partial charge in [0.1, 0.15) is 10.7 Å². The highest BCUT2D eigenvalue weighted by Gasteiger charge is 2.28. The van der Waals surface area contributed by atoms with Crippen molar-refractivity contribution in [1.29, 1.82) is 0 Å². The third-order valence-corrected chi connectivity index (χ3v) is 4.96. The maximum atomic E-state index is 12.4. The van der Waals surface area contributed by atoms with E-state index in [2.05, 4.69) is 25.6 Å². The minimum Gasteiger partial charge on any atom is -0.383 e. The molecule has 7 heteroatoms. The van der Waals surface area contributed by atoms with E-state index in [1.807, 2.05) is 27.7 Å². The number of nitrogens with zero attached hydrogens (tertiary/aromatic N) is 1. The molecule has 0 aliphatic rings. The topological polar surface area (TPSA) is 85.1 Å². The standard InChI is InChI=1S/C13H21BrN3O2S/c1-9(2)5-6-13(3,4)17-20(18,19)11-7-10(14)8-16-12(11)15/h7-8,17H,5-6H2,1-4H3,(H2,15,16). The summed E-state index contributed by atoms with van der Waals surface area (Å²) in [5.41, 5.74) is 5.11. The van der Waals surface area contributed by atoms with Crippen molar-refractivity contribution in [3.05, 3.63) is 22.7 Å². The fourth-order valence-corrected chi connectivity index (χ4v) is 3.71. The van der Waals surface area contributed by atoms with Crippen LogP contribution in [0.5, 0.6) is 0 Å². The first-order chi connectivity index (χ1) is 9.03. The van der Waals surface area contributed by atoms with Crippen LogP contribution in [0.15, 0.2) is 21.6 Å². The van der Waals surface area contributed by atoms with Crippen LogP contribution in [-0.2, 0) is 10.0 Å². The van der Waals surface area contributed by atoms with Crippen molar-refractivity contribution in [1.82, 2.24) is 9.71 Å². The average Bonchev–Trinajstić information content (AvgIpc) is 2.28. The molecule has 5 nitrogen and oxygen atoms in total. The Balaban J connectivity index is 2.97. The van der Waals surface area contributed by atoms with Crippen LogP contribution in [0.25, 0.3) is 0 Å². The molecule has 0 aliphatic heterocycles. The van der Waals surface area contributed by atoms with Gasteiger partial charge in [-0.25, -0.2) is 18.1 Å². The van der Waals surface area contributed by atoms with E-state index < -0.39 is 15.6 Å². The van der Waals surface area contributed by atoms with Crippen molar-refractivity contribution >= 4 is 31.8 Å². The normalized spacial score (nSPS) is 12.9. The Hall–Kier alpha value is -0.660. The minimum atomic E-state index is -3.70. The van der Waals surface area contributed by atoms with Crippen molar-refractivity contribution in [2.24, 2.45) is 0 Å². The third kappa shape index (κ3) is 5.03. The summed E-state index contributed by atoms with van der Waals surface area (Å²) in [6, 6.07) is 1.46. The Morgan fingerprint density at radius 3 is 2.60 bits per heavy atom. The molecule has 1 aromatic rings. The number of halogens is 1. The van der Waals surface area contributed by atoms with E-state index in [9.17, 15) is 8.42 Å². The molecule has 0 fully saturated rings. The van der Waals surface area contributed by atoms with Crippen molar-refractivity contribution < 1.29 is 8.42 Å². The highest BCUT2D eigenvalue weighted by atomic mass is 79.9. The summed E-state index contributed by atoms with van der Waals surface area (Å²) in [5.74, 6) is 1.26. The van der Waals surface area contributed by atoms with Crippen LogP contribution in [0.4, 0.5) is 5.82 Å². The summed E-state index contributed by atoms with van der Waals surface area (Å²) >= 11 is 3.20. The Bertz CT molecular complexity index is 571. The van der Waals surface area contributed by atoms with Gasteiger partial charge >= 0.3 is 0 Å². The highest BCUT2D eigenvalue weighted by molar-refractivity contribution is 9.10. The molecule has 20 heavy (non-hydrogen) atoms. The van der Waals surface area contributed by atoms with Crippen molar-refractivity contribution in [2.45, 2.75) is 51.0 Å². The van der Waals surface area contributed by atoms with Gasteiger partial charge in [-0.05, 0) is 54.6 Å². The Labute approximate surface area is 129 Å². The lowest BCUT2D eigenvalue weighted by atomic mass is 9.95. The van der Waals surface area contributed by atoms with Gasteiger partial charge in [0.2, 0.25) is 10.0 Å². The Morgan fingerprint density at radius 2 is 2.05 bits per heavy atom. The first-order valence-electron chi connectivity index (χ1n) is 6.27. The van der Waals surface area contributed by atoms with Crippen LogP contribution in [-0.4, -0.2) is 18.9 Å². The summed E-state index contributed by atoms with van der Waals surface area (Å²) in [7, 11) is -3.70. The van der Waals surface area contributed by atoms with Crippen molar-refractivity contribution in [3.8, 4) is 0 Å². The number of anilines is 1. The number of sulfonamides is 1. The largest absolute Gasteiger partial charge is 0.383 e. The molecule has 0 amide bonds. The fraction of sp³-hybridized carbons (Fsp3) is 0.538. The Kier molecular flexibility index (Phi) is 5.57. The molecule has 0 saturated heterocycles. The van der Waals surface area contributed by atoms with E-state index in [-0.39, 0.29) is 10.7 Å². The van der Waals surface area contributed by atoms with E-state index in [0.717, 1.165) is 12.8 Å². The molecule has 1 heterocycles. The zero-order valence-corrected chi connectivity index (χ0v) is 14.6. The number of nitrogens with one attached hydrogen (secondary N) is 1. The summed E-state index contributed by atoms with van der Waals surface area (Å²) in [4.78, 5) is 3.85. The summed E-state index contributed by atoms with van der Waals surface area (Å²) in [6.45, 7) is 7.77. The molecule has 3 N–H and O–H groups in total. The number of nitrogen functional groups attached to an aromatic ring is 1. The number of pyridine rings is 1. The van der Waals surface area contributed by atoms with Crippen LogP contribution in [0.2, 0.25) is 0 Å². The Morgan fingerprint density at radius 1 is 1.45 bits per heavy atom. The van der Waals surface area contributed by atoms with E-state index in [4.69, 9.17) is 5.73 Å². The van der Waals surface area contributed by atoms with Gasteiger partial charge in [-0.3, -0.25) is 0 Å². The number of rotatable bonds is 6. The van der Waals surface area contributed by atoms with E-state index >= 15 is 0 Å². The zero-order chi connectivity index (χ0) is 15.6. The molecule has 0 saturated carbocycles. The second-order valence-corrected chi connectivity index (χ2v) is 8.30. The van der Waals surface area contributed by atoms with Gasteiger partial charge in [-0.2, -0.15) is 0 Å². The quantitative estimate of drug-likeness (QED) is 0.814. The lowest BCUT2D eigenvalue weighted by Gasteiger charge is -2.27. The second-order valence-electron chi connectivity index (χ2n) is 5.73. The molecule has 0 spiro atoms. The zero-order valence-electron chi connectivity index (χ0n) is 12.2. The first kappa shape index (κ1) is 17.4. The van der Waals surface area contributed by atoms with Crippen LogP contribution < -0.4 is 10.5 Å². The van der Waals surface area contributed by atoms with Crippen LogP contribution in [0.1, 0.15) is 40.5 Å². The first-order valence-corrected chi connectivity index (χ1v) is 8.55. The predicted octanol–water partition coefficient (Wildman–Crippen LogP) is 2.88. The van der Waals surface area contributed by atoms with Crippen LogP contribution >= 0.6 is 15.9 Å². The molecule has 1 aromatic heterocycles.